The lowest BCUT2D eigenvalue weighted by atomic mass is 10.1. The molecule has 0 spiro atoms. The van der Waals surface area contributed by atoms with E-state index in [1.165, 1.54) is 10.5 Å². The van der Waals surface area contributed by atoms with Gasteiger partial charge in [0.2, 0.25) is 4.90 Å². The number of nitrogens with zero attached hydrogens (tertiary/aromatic N) is 2. The lowest BCUT2D eigenvalue weighted by molar-refractivity contribution is 0.593. The zero-order chi connectivity index (χ0) is 16.3. The highest BCUT2D eigenvalue weighted by atomic mass is 32.2. The van der Waals surface area contributed by atoms with Crippen LogP contribution in [0.3, 0.4) is 0 Å². The summed E-state index contributed by atoms with van der Waals surface area (Å²) in [6.45, 7) is 2.16. The molecule has 1 aromatic heterocycles. The van der Waals surface area contributed by atoms with Gasteiger partial charge in [-0.25, -0.2) is 4.98 Å². The summed E-state index contributed by atoms with van der Waals surface area (Å²) in [6.07, 6.45) is 2.76. The Morgan fingerprint density at radius 3 is 2.83 bits per heavy atom. The fraction of sp³-hybridized carbons (Fsp3) is 0.105. The van der Waals surface area contributed by atoms with Crippen molar-refractivity contribution in [3.05, 3.63) is 60.3 Å². The van der Waals surface area contributed by atoms with Crippen molar-refractivity contribution in [2.45, 2.75) is 32.9 Å². The van der Waals surface area contributed by atoms with Crippen LogP contribution in [0, 0.1) is 0 Å². The van der Waals surface area contributed by atoms with Crippen molar-refractivity contribution in [3.8, 4) is 0 Å². The maximum absolute atomic E-state index is 13.0. The van der Waals surface area contributed by atoms with Gasteiger partial charge in [-0.05, 0) is 48.4 Å². The molecule has 3 heterocycles. The average Bonchev–Trinajstić information content (AvgIpc) is 2.64. The van der Waals surface area contributed by atoms with Crippen LogP contribution in [0.1, 0.15) is 12.5 Å². The number of pyridine rings is 1. The number of para-hydroxylation sites is 1. The predicted molar refractivity (Wildman–Crippen MR) is 97.1 cm³/mol. The number of hydrogen-bond acceptors (Lipinski definition) is 4. The van der Waals surface area contributed by atoms with Gasteiger partial charge in [0.1, 0.15) is 5.69 Å². The molecular weight excluding hydrogens is 336 g/mol. The molecule has 1 atom stereocenters. The monoisotopic (exact) mass is 350 g/mol. The summed E-state index contributed by atoms with van der Waals surface area (Å²) in [4.78, 5) is 10.8. The number of hydrogen-bond donors (Lipinski definition) is 0. The van der Waals surface area contributed by atoms with Gasteiger partial charge in [0, 0.05) is 27.2 Å². The second-order valence-corrected chi connectivity index (χ2v) is 8.29. The lowest BCUT2D eigenvalue weighted by Gasteiger charge is -2.37. The first kappa shape index (κ1) is 14.4. The van der Waals surface area contributed by atoms with E-state index < -0.39 is 11.2 Å². The van der Waals surface area contributed by atoms with Crippen LogP contribution in [-0.4, -0.2) is 9.54 Å². The largest absolute Gasteiger partial charge is 0.606 e. The van der Waals surface area contributed by atoms with E-state index in [2.05, 4.69) is 41.1 Å². The Morgan fingerprint density at radius 2 is 1.96 bits per heavy atom. The Bertz CT molecular complexity index is 973. The van der Waals surface area contributed by atoms with Crippen molar-refractivity contribution in [2.24, 2.45) is 0 Å². The maximum atomic E-state index is 13.0. The Hall–Kier alpha value is -1.95. The quantitative estimate of drug-likeness (QED) is 0.450. The highest BCUT2D eigenvalue weighted by Crippen LogP contribution is 2.57. The van der Waals surface area contributed by atoms with Crippen molar-refractivity contribution in [3.63, 3.8) is 0 Å². The van der Waals surface area contributed by atoms with Gasteiger partial charge < -0.3 is 4.55 Å². The second-order valence-electron chi connectivity index (χ2n) is 5.79. The highest BCUT2D eigenvalue weighted by molar-refractivity contribution is 8.00. The molecule has 1 unspecified atom stereocenters. The van der Waals surface area contributed by atoms with Crippen molar-refractivity contribution >= 4 is 40.1 Å². The Balaban J connectivity index is 1.85. The van der Waals surface area contributed by atoms with E-state index in [-0.39, 0.29) is 0 Å². The normalized spacial score (nSPS) is 17.1. The molecule has 3 nitrogen and oxygen atoms in total. The molecular formula is C19H14N2OS2. The van der Waals surface area contributed by atoms with Gasteiger partial charge in [0.15, 0.2) is 10.7 Å². The van der Waals surface area contributed by atoms with Gasteiger partial charge in [-0.2, -0.15) is 0 Å². The molecule has 0 N–H and O–H groups in total. The van der Waals surface area contributed by atoms with Crippen LogP contribution in [0.4, 0.5) is 17.2 Å². The number of rotatable bonds is 1. The Kier molecular flexibility index (Phi) is 3.16. The van der Waals surface area contributed by atoms with Crippen molar-refractivity contribution < 1.29 is 4.55 Å². The Morgan fingerprint density at radius 1 is 1.08 bits per heavy atom. The first-order valence-corrected chi connectivity index (χ1v) is 9.85. The van der Waals surface area contributed by atoms with Crippen LogP contribution in [0.15, 0.2) is 74.3 Å². The number of aryl methyl sites for hydroxylation is 1. The van der Waals surface area contributed by atoms with Crippen LogP contribution in [0.5, 0.6) is 0 Å². The third-order valence-corrected chi connectivity index (χ3v) is 7.00. The summed E-state index contributed by atoms with van der Waals surface area (Å²) in [5, 5.41) is 0. The molecule has 0 amide bonds. The molecule has 0 saturated heterocycles. The minimum atomic E-state index is -1.19. The zero-order valence-corrected chi connectivity index (χ0v) is 14.7. The summed E-state index contributed by atoms with van der Waals surface area (Å²) in [5.41, 5.74) is 3.45. The molecule has 2 aromatic carbocycles. The fourth-order valence-corrected chi connectivity index (χ4v) is 5.74. The second kappa shape index (κ2) is 5.28. The number of benzene rings is 2. The van der Waals surface area contributed by atoms with Gasteiger partial charge in [0.05, 0.1) is 5.69 Å². The van der Waals surface area contributed by atoms with E-state index in [9.17, 15) is 4.55 Å². The molecule has 5 heteroatoms. The van der Waals surface area contributed by atoms with E-state index in [4.69, 9.17) is 0 Å². The molecule has 24 heavy (non-hydrogen) atoms. The molecule has 0 bridgehead atoms. The van der Waals surface area contributed by atoms with E-state index in [1.807, 2.05) is 24.3 Å². The molecule has 2 aliphatic rings. The molecule has 0 aliphatic carbocycles. The average molecular weight is 350 g/mol. The predicted octanol–water partition coefficient (Wildman–Crippen LogP) is 5.06. The fourth-order valence-electron chi connectivity index (χ4n) is 3.27. The van der Waals surface area contributed by atoms with Gasteiger partial charge in [-0.3, -0.25) is 4.90 Å². The van der Waals surface area contributed by atoms with E-state index in [1.54, 1.807) is 18.0 Å². The van der Waals surface area contributed by atoms with Gasteiger partial charge >= 0.3 is 0 Å². The van der Waals surface area contributed by atoms with Crippen molar-refractivity contribution in [1.82, 2.24) is 4.98 Å². The van der Waals surface area contributed by atoms with Gasteiger partial charge in [-0.15, -0.1) is 0 Å². The van der Waals surface area contributed by atoms with E-state index in [0.29, 0.717) is 0 Å². The third kappa shape index (κ3) is 1.89. The summed E-state index contributed by atoms with van der Waals surface area (Å²) in [7, 11) is 0. The minimum Gasteiger partial charge on any atom is -0.606 e. The lowest BCUT2D eigenvalue weighted by Crippen LogP contribution is -2.26. The molecule has 3 aromatic rings. The number of anilines is 3. The topological polar surface area (TPSA) is 39.2 Å². The third-order valence-electron chi connectivity index (χ3n) is 4.44. The van der Waals surface area contributed by atoms with E-state index in [0.717, 1.165) is 38.3 Å². The zero-order valence-electron chi connectivity index (χ0n) is 13.0. The number of aromatic nitrogens is 1. The first-order valence-electron chi connectivity index (χ1n) is 7.88. The highest BCUT2D eigenvalue weighted by Gasteiger charge is 2.40. The first-order chi connectivity index (χ1) is 11.8. The number of fused-ring (bicyclic) bond motifs is 4. The van der Waals surface area contributed by atoms with Crippen LogP contribution in [-0.2, 0) is 17.6 Å². The van der Waals surface area contributed by atoms with Crippen LogP contribution in [0.25, 0.3) is 0 Å². The van der Waals surface area contributed by atoms with Gasteiger partial charge in [-0.1, -0.05) is 30.8 Å². The summed E-state index contributed by atoms with van der Waals surface area (Å²) in [5.74, 6) is 0.783. The molecule has 0 saturated carbocycles. The Labute approximate surface area is 147 Å². The maximum Gasteiger partial charge on any atom is 0.201 e. The summed E-state index contributed by atoms with van der Waals surface area (Å²) >= 11 is 0.551. The standard InChI is InChI=1S/C19H14N2OS2/c1-2-12-8-9-14-13(11-12)21-18-15(23-14)5-3-6-16(18)24(22)17-7-4-10-20-19(17)21/h3-11H,2H2,1H3. The SMILES string of the molecule is CCc1ccc2c(c1)N1c3ncccc3[S+]([O-])c3cccc(c31)S2. The summed E-state index contributed by atoms with van der Waals surface area (Å²) < 4.78 is 13.0. The van der Waals surface area contributed by atoms with Crippen LogP contribution < -0.4 is 4.90 Å². The molecule has 2 aliphatic heterocycles. The molecule has 0 fully saturated rings. The van der Waals surface area contributed by atoms with Gasteiger partial charge in [0.25, 0.3) is 0 Å². The van der Waals surface area contributed by atoms with Crippen molar-refractivity contribution in [2.75, 3.05) is 4.90 Å². The smallest absolute Gasteiger partial charge is 0.201 e. The van der Waals surface area contributed by atoms with E-state index >= 15 is 0 Å². The molecule has 0 radical (unpaired) electrons. The molecule has 5 rings (SSSR count). The molecule has 118 valence electrons. The summed E-state index contributed by atoms with van der Waals surface area (Å²) in [6, 6.07) is 16.4. The minimum absolute atomic E-state index is 0.780. The van der Waals surface area contributed by atoms with Crippen molar-refractivity contribution in [1.29, 1.82) is 0 Å². The van der Waals surface area contributed by atoms with Crippen LogP contribution in [0.2, 0.25) is 0 Å². The van der Waals surface area contributed by atoms with Crippen LogP contribution >= 0.6 is 11.8 Å².